The molecule has 0 N–H and O–H groups in total. The molecule has 0 bridgehead atoms. The van der Waals surface area contributed by atoms with Crippen LogP contribution in [-0.4, -0.2) is 4.92 Å². The number of benzene rings is 2. The minimum absolute atomic E-state index is 0.257. The van der Waals surface area contributed by atoms with Gasteiger partial charge < -0.3 is 0 Å². The molecule has 0 aliphatic carbocycles. The lowest BCUT2D eigenvalue weighted by atomic mass is 10.3. The van der Waals surface area contributed by atoms with Crippen LogP contribution in [0.2, 0.25) is 0 Å². The second-order valence-electron chi connectivity index (χ2n) is 3.43. The second-order valence-corrected chi connectivity index (χ2v) is 4.54. The van der Waals surface area contributed by atoms with E-state index in [0.29, 0.717) is 4.90 Å². The Morgan fingerprint density at radius 1 is 1.06 bits per heavy atom. The van der Waals surface area contributed by atoms with E-state index in [4.69, 9.17) is 0 Å². The van der Waals surface area contributed by atoms with Gasteiger partial charge in [-0.3, -0.25) is 10.1 Å². The Balaban J connectivity index is 2.24. The van der Waals surface area contributed by atoms with E-state index in [9.17, 15) is 18.9 Å². The predicted octanol–water partition coefficient (Wildman–Crippen LogP) is 4.02. The quantitative estimate of drug-likeness (QED) is 0.623. The summed E-state index contributed by atoms with van der Waals surface area (Å²) in [7, 11) is 0. The maximum absolute atomic E-state index is 13.6. The summed E-state index contributed by atoms with van der Waals surface area (Å²) < 4.78 is 26.3. The summed E-state index contributed by atoms with van der Waals surface area (Å²) >= 11 is 1.08. The first-order valence-corrected chi connectivity index (χ1v) is 5.75. The van der Waals surface area contributed by atoms with Crippen molar-refractivity contribution in [3.05, 3.63) is 64.2 Å². The number of non-ortho nitro benzene ring substituents is 1. The van der Waals surface area contributed by atoms with Crippen molar-refractivity contribution in [2.24, 2.45) is 0 Å². The molecule has 0 aromatic heterocycles. The van der Waals surface area contributed by atoms with Crippen LogP contribution < -0.4 is 0 Å². The van der Waals surface area contributed by atoms with E-state index in [-0.39, 0.29) is 16.4 Å². The highest BCUT2D eigenvalue weighted by molar-refractivity contribution is 7.99. The van der Waals surface area contributed by atoms with E-state index in [0.717, 1.165) is 17.8 Å². The first-order valence-electron chi connectivity index (χ1n) is 4.93. The Hall–Kier alpha value is -1.95. The van der Waals surface area contributed by atoms with Crippen LogP contribution in [0.4, 0.5) is 14.5 Å². The first-order chi connectivity index (χ1) is 8.56. The van der Waals surface area contributed by atoms with Gasteiger partial charge in [0.05, 0.1) is 11.0 Å². The van der Waals surface area contributed by atoms with Crippen LogP contribution in [0.25, 0.3) is 0 Å². The lowest BCUT2D eigenvalue weighted by Crippen LogP contribution is -1.90. The van der Waals surface area contributed by atoms with Crippen molar-refractivity contribution < 1.29 is 13.7 Å². The summed E-state index contributed by atoms with van der Waals surface area (Å²) in [6.07, 6.45) is 0. The van der Waals surface area contributed by atoms with Gasteiger partial charge in [-0.1, -0.05) is 11.8 Å². The molecule has 0 radical (unpaired) electrons. The van der Waals surface area contributed by atoms with E-state index in [1.165, 1.54) is 36.4 Å². The van der Waals surface area contributed by atoms with E-state index in [1.807, 2.05) is 0 Å². The summed E-state index contributed by atoms with van der Waals surface area (Å²) in [5.74, 6) is -1.04. The van der Waals surface area contributed by atoms with Gasteiger partial charge >= 0.3 is 0 Å². The van der Waals surface area contributed by atoms with Crippen LogP contribution in [0, 0.1) is 21.7 Å². The molecule has 2 rings (SSSR count). The number of halogens is 2. The topological polar surface area (TPSA) is 43.1 Å². The zero-order valence-corrected chi connectivity index (χ0v) is 9.79. The molecular weight excluding hydrogens is 260 g/mol. The van der Waals surface area contributed by atoms with Gasteiger partial charge in [0.25, 0.3) is 5.69 Å². The molecule has 6 heteroatoms. The molecule has 0 aliphatic rings. The molecule has 0 fully saturated rings. The molecule has 2 aromatic rings. The first kappa shape index (κ1) is 12.5. The fraction of sp³-hybridized carbons (Fsp3) is 0. The smallest absolute Gasteiger partial charge is 0.258 e. The van der Waals surface area contributed by atoms with Crippen LogP contribution in [0.3, 0.4) is 0 Å². The third kappa shape index (κ3) is 2.84. The molecule has 2 aromatic carbocycles. The van der Waals surface area contributed by atoms with Gasteiger partial charge in [0.1, 0.15) is 11.6 Å². The zero-order chi connectivity index (χ0) is 13.1. The molecular formula is C12H7F2NO2S. The van der Waals surface area contributed by atoms with Gasteiger partial charge in [-0.25, -0.2) is 8.78 Å². The molecule has 0 saturated heterocycles. The summed E-state index contributed by atoms with van der Waals surface area (Å²) in [5.41, 5.74) is -0.295. The Morgan fingerprint density at radius 3 is 2.28 bits per heavy atom. The summed E-state index contributed by atoms with van der Waals surface area (Å²) in [5, 5.41) is 10.5. The van der Waals surface area contributed by atoms with Crippen LogP contribution in [0.15, 0.2) is 52.3 Å². The fourth-order valence-electron chi connectivity index (χ4n) is 1.32. The SMILES string of the molecule is O=[N+]([O-])c1ccc(Sc2ccc(F)cc2)c(F)c1. The van der Waals surface area contributed by atoms with Crippen molar-refractivity contribution in [3.8, 4) is 0 Å². The molecule has 0 amide bonds. The van der Waals surface area contributed by atoms with Gasteiger partial charge in [0.15, 0.2) is 0 Å². The van der Waals surface area contributed by atoms with Gasteiger partial charge in [-0.05, 0) is 30.3 Å². The number of nitro groups is 1. The number of hydrogen-bond acceptors (Lipinski definition) is 3. The van der Waals surface area contributed by atoms with Gasteiger partial charge in [0.2, 0.25) is 0 Å². The van der Waals surface area contributed by atoms with Crippen molar-refractivity contribution in [2.45, 2.75) is 9.79 Å². The van der Waals surface area contributed by atoms with Crippen molar-refractivity contribution in [1.82, 2.24) is 0 Å². The molecule has 0 unspecified atom stereocenters. The third-order valence-corrected chi connectivity index (χ3v) is 3.23. The van der Waals surface area contributed by atoms with Crippen molar-refractivity contribution in [3.63, 3.8) is 0 Å². The van der Waals surface area contributed by atoms with Crippen molar-refractivity contribution in [1.29, 1.82) is 0 Å². The fourth-order valence-corrected chi connectivity index (χ4v) is 2.13. The Kier molecular flexibility index (Phi) is 3.57. The van der Waals surface area contributed by atoms with Crippen LogP contribution in [0.5, 0.6) is 0 Å². The van der Waals surface area contributed by atoms with E-state index >= 15 is 0 Å². The molecule has 0 atom stereocenters. The van der Waals surface area contributed by atoms with Crippen LogP contribution >= 0.6 is 11.8 Å². The summed E-state index contributed by atoms with van der Waals surface area (Å²) in [6, 6.07) is 9.00. The Morgan fingerprint density at radius 2 is 1.72 bits per heavy atom. The third-order valence-electron chi connectivity index (χ3n) is 2.17. The van der Waals surface area contributed by atoms with E-state index < -0.39 is 10.7 Å². The molecule has 0 spiro atoms. The number of nitro benzene ring substituents is 1. The van der Waals surface area contributed by atoms with Crippen molar-refractivity contribution in [2.75, 3.05) is 0 Å². The molecule has 0 saturated carbocycles. The average Bonchev–Trinajstić information content (AvgIpc) is 2.34. The number of nitrogens with zero attached hydrogens (tertiary/aromatic N) is 1. The zero-order valence-electron chi connectivity index (χ0n) is 8.97. The van der Waals surface area contributed by atoms with Crippen LogP contribution in [0.1, 0.15) is 0 Å². The monoisotopic (exact) mass is 267 g/mol. The second kappa shape index (κ2) is 5.14. The maximum Gasteiger partial charge on any atom is 0.272 e. The Bertz CT molecular complexity index is 587. The molecule has 18 heavy (non-hydrogen) atoms. The largest absolute Gasteiger partial charge is 0.272 e. The molecule has 3 nitrogen and oxygen atoms in total. The average molecular weight is 267 g/mol. The molecule has 0 heterocycles. The van der Waals surface area contributed by atoms with Gasteiger partial charge in [-0.15, -0.1) is 0 Å². The normalized spacial score (nSPS) is 10.3. The lowest BCUT2D eigenvalue weighted by Gasteiger charge is -2.03. The minimum Gasteiger partial charge on any atom is -0.258 e. The highest BCUT2D eigenvalue weighted by Crippen LogP contribution is 2.31. The highest BCUT2D eigenvalue weighted by Gasteiger charge is 2.11. The van der Waals surface area contributed by atoms with Gasteiger partial charge in [0, 0.05) is 15.9 Å². The van der Waals surface area contributed by atoms with E-state index in [2.05, 4.69) is 0 Å². The lowest BCUT2D eigenvalue weighted by molar-refractivity contribution is -0.385. The van der Waals surface area contributed by atoms with Crippen molar-refractivity contribution >= 4 is 17.4 Å². The van der Waals surface area contributed by atoms with E-state index in [1.54, 1.807) is 0 Å². The maximum atomic E-state index is 13.6. The highest BCUT2D eigenvalue weighted by atomic mass is 32.2. The van der Waals surface area contributed by atoms with Crippen LogP contribution in [-0.2, 0) is 0 Å². The molecule has 0 aliphatic heterocycles. The minimum atomic E-state index is -0.668. The predicted molar refractivity (Wildman–Crippen MR) is 63.6 cm³/mol. The molecule has 92 valence electrons. The Labute approximate surface area is 106 Å². The number of rotatable bonds is 3. The summed E-state index contributed by atoms with van der Waals surface area (Å²) in [6.45, 7) is 0. The summed E-state index contributed by atoms with van der Waals surface area (Å²) in [4.78, 5) is 10.7. The number of hydrogen-bond donors (Lipinski definition) is 0. The van der Waals surface area contributed by atoms with Gasteiger partial charge in [-0.2, -0.15) is 0 Å². The standard InChI is InChI=1S/C12H7F2NO2S/c13-8-1-4-10(5-2-8)18-12-6-3-9(15(16)17)7-11(12)14/h1-7H.